The van der Waals surface area contributed by atoms with Crippen LogP contribution >= 0.6 is 27.5 Å². The van der Waals surface area contributed by atoms with Gasteiger partial charge in [0, 0.05) is 5.02 Å². The molecule has 8 heteroatoms. The van der Waals surface area contributed by atoms with Gasteiger partial charge in [-0.15, -0.1) is 0 Å². The number of rotatable bonds is 3. The molecular weight excluding hydrogens is 359 g/mol. The molecule has 1 N–H and O–H groups in total. The first-order valence-electron chi connectivity index (χ1n) is 4.98. The number of anilines is 1. The second-order valence-corrected chi connectivity index (χ2v) is 6.52. The topological polar surface area (TPSA) is 59.1 Å². The van der Waals surface area contributed by atoms with Crippen molar-refractivity contribution in [3.05, 3.63) is 51.8 Å². The maximum absolute atomic E-state index is 12.9. The lowest BCUT2D eigenvalue weighted by Gasteiger charge is -2.08. The van der Waals surface area contributed by atoms with Gasteiger partial charge in [0.25, 0.3) is 10.0 Å². The molecule has 4 nitrogen and oxygen atoms in total. The highest BCUT2D eigenvalue weighted by Gasteiger charge is 2.17. The van der Waals surface area contributed by atoms with E-state index in [4.69, 9.17) is 11.6 Å². The lowest BCUT2D eigenvalue weighted by molar-refractivity contribution is 0.600. The summed E-state index contributed by atoms with van der Waals surface area (Å²) in [7, 11) is -3.82. The van der Waals surface area contributed by atoms with Gasteiger partial charge >= 0.3 is 0 Å². The molecular formula is C11H7BrClFN2O2S. The number of hydrogen-bond acceptors (Lipinski definition) is 3. The van der Waals surface area contributed by atoms with Crippen LogP contribution in [0.5, 0.6) is 0 Å². The summed E-state index contributed by atoms with van der Waals surface area (Å²) in [4.78, 5) is 3.66. The lowest BCUT2D eigenvalue weighted by atomic mass is 10.4. The second kappa shape index (κ2) is 5.44. The molecule has 0 atom stereocenters. The van der Waals surface area contributed by atoms with Crippen LogP contribution < -0.4 is 4.72 Å². The molecule has 0 aliphatic heterocycles. The molecule has 0 amide bonds. The van der Waals surface area contributed by atoms with E-state index in [1.807, 2.05) is 0 Å². The molecule has 1 aromatic heterocycles. The molecule has 1 heterocycles. The fourth-order valence-corrected chi connectivity index (χ4v) is 3.19. The van der Waals surface area contributed by atoms with Crippen LogP contribution in [0, 0.1) is 5.82 Å². The molecule has 2 rings (SSSR count). The molecule has 0 unspecified atom stereocenters. The van der Waals surface area contributed by atoms with E-state index >= 15 is 0 Å². The molecule has 1 aromatic carbocycles. The summed E-state index contributed by atoms with van der Waals surface area (Å²) in [6, 6.07) is 6.90. The van der Waals surface area contributed by atoms with Crippen LogP contribution in [0.25, 0.3) is 0 Å². The van der Waals surface area contributed by atoms with Crippen LogP contribution in [0.1, 0.15) is 0 Å². The van der Waals surface area contributed by atoms with Crippen LogP contribution in [0.3, 0.4) is 0 Å². The normalized spacial score (nSPS) is 11.3. The summed E-state index contributed by atoms with van der Waals surface area (Å²) in [6.45, 7) is 0. The number of sulfonamides is 1. The van der Waals surface area contributed by atoms with E-state index in [-0.39, 0.29) is 15.2 Å². The minimum Gasteiger partial charge on any atom is -0.262 e. The van der Waals surface area contributed by atoms with Crippen LogP contribution in [0.15, 0.2) is 45.9 Å². The third-order valence-electron chi connectivity index (χ3n) is 2.15. The highest BCUT2D eigenvalue weighted by Crippen LogP contribution is 2.24. The van der Waals surface area contributed by atoms with Gasteiger partial charge in [-0.1, -0.05) is 17.7 Å². The lowest BCUT2D eigenvalue weighted by Crippen LogP contribution is -2.14. The first-order chi connectivity index (χ1) is 8.88. The van der Waals surface area contributed by atoms with Crippen LogP contribution in [0.4, 0.5) is 10.2 Å². The van der Waals surface area contributed by atoms with Crippen molar-refractivity contribution in [3.8, 4) is 0 Å². The summed E-state index contributed by atoms with van der Waals surface area (Å²) in [5.74, 6) is -0.570. The van der Waals surface area contributed by atoms with Crippen LogP contribution in [0.2, 0.25) is 5.02 Å². The molecule has 0 bridgehead atoms. The predicted octanol–water partition coefficient (Wildman–Crippen LogP) is 3.44. The van der Waals surface area contributed by atoms with Gasteiger partial charge in [-0.25, -0.2) is 17.8 Å². The predicted molar refractivity (Wildman–Crippen MR) is 74.2 cm³/mol. The number of aromatic nitrogens is 1. The van der Waals surface area contributed by atoms with Gasteiger partial charge in [-0.2, -0.15) is 0 Å². The van der Waals surface area contributed by atoms with E-state index < -0.39 is 15.8 Å². The number of nitrogens with zero attached hydrogens (tertiary/aromatic N) is 1. The first-order valence-corrected chi connectivity index (χ1v) is 7.63. The van der Waals surface area contributed by atoms with Gasteiger partial charge in [0.2, 0.25) is 0 Å². The van der Waals surface area contributed by atoms with Crippen molar-refractivity contribution >= 4 is 43.4 Å². The summed E-state index contributed by atoms with van der Waals surface area (Å²) in [5, 5.41) is 0.300. The van der Waals surface area contributed by atoms with E-state index in [9.17, 15) is 12.8 Å². The fraction of sp³-hybridized carbons (Fsp3) is 0. The minimum atomic E-state index is -3.82. The van der Waals surface area contributed by atoms with E-state index in [2.05, 4.69) is 25.6 Å². The Kier molecular flexibility index (Phi) is 4.07. The highest BCUT2D eigenvalue weighted by atomic mass is 79.9. The summed E-state index contributed by atoms with van der Waals surface area (Å²) in [6.07, 6.45) is 0.917. The molecule has 0 saturated heterocycles. The second-order valence-electron chi connectivity index (χ2n) is 3.55. The number of benzene rings is 1. The zero-order valence-corrected chi connectivity index (χ0v) is 12.4. The average molecular weight is 366 g/mol. The maximum atomic E-state index is 12.9. The maximum Gasteiger partial charge on any atom is 0.263 e. The first kappa shape index (κ1) is 14.2. The largest absolute Gasteiger partial charge is 0.263 e. The molecule has 0 aliphatic carbocycles. The fourth-order valence-electron chi connectivity index (χ4n) is 1.31. The number of nitrogens with one attached hydrogen (secondary N) is 1. The molecule has 0 aliphatic rings. The average Bonchev–Trinajstić information content (AvgIpc) is 2.33. The Morgan fingerprint density at radius 3 is 2.68 bits per heavy atom. The van der Waals surface area contributed by atoms with Crippen molar-refractivity contribution in [2.45, 2.75) is 4.90 Å². The molecule has 0 radical (unpaired) electrons. The van der Waals surface area contributed by atoms with E-state index in [1.165, 1.54) is 18.2 Å². The van der Waals surface area contributed by atoms with Crippen molar-refractivity contribution in [1.82, 2.24) is 4.98 Å². The van der Waals surface area contributed by atoms with Gasteiger partial charge in [0.1, 0.15) is 5.82 Å². The van der Waals surface area contributed by atoms with Crippen molar-refractivity contribution < 1.29 is 12.8 Å². The highest BCUT2D eigenvalue weighted by molar-refractivity contribution is 9.10. The molecule has 100 valence electrons. The zero-order chi connectivity index (χ0) is 14.0. The minimum absolute atomic E-state index is 0.00127. The third kappa shape index (κ3) is 3.43. The molecule has 0 spiro atoms. The molecule has 0 fully saturated rings. The monoisotopic (exact) mass is 364 g/mol. The summed E-state index contributed by atoms with van der Waals surface area (Å²) >= 11 is 8.77. The van der Waals surface area contributed by atoms with Crippen LogP contribution in [-0.2, 0) is 10.0 Å². The SMILES string of the molecule is O=S(=O)(Nc1ncc(F)cc1Br)c1cccc(Cl)c1. The Hall–Kier alpha value is -1.18. The van der Waals surface area contributed by atoms with E-state index in [0.29, 0.717) is 5.02 Å². The van der Waals surface area contributed by atoms with Crippen molar-refractivity contribution in [2.24, 2.45) is 0 Å². The van der Waals surface area contributed by atoms with Crippen molar-refractivity contribution in [1.29, 1.82) is 0 Å². The molecule has 2 aromatic rings. The van der Waals surface area contributed by atoms with Gasteiger partial charge in [-0.3, -0.25) is 4.72 Å². The summed E-state index contributed by atoms with van der Waals surface area (Å²) in [5.41, 5.74) is 0. The van der Waals surface area contributed by atoms with Crippen molar-refractivity contribution in [2.75, 3.05) is 4.72 Å². The Labute approximate surface area is 122 Å². The number of pyridine rings is 1. The number of halogens is 3. The van der Waals surface area contributed by atoms with E-state index in [0.717, 1.165) is 12.3 Å². The number of hydrogen-bond donors (Lipinski definition) is 1. The van der Waals surface area contributed by atoms with Crippen molar-refractivity contribution in [3.63, 3.8) is 0 Å². The summed E-state index contributed by atoms with van der Waals surface area (Å²) < 4.78 is 39.5. The Morgan fingerprint density at radius 1 is 1.32 bits per heavy atom. The van der Waals surface area contributed by atoms with Gasteiger partial charge in [0.05, 0.1) is 15.6 Å². The third-order valence-corrected chi connectivity index (χ3v) is 4.32. The van der Waals surface area contributed by atoms with E-state index in [1.54, 1.807) is 6.07 Å². The molecule has 19 heavy (non-hydrogen) atoms. The zero-order valence-electron chi connectivity index (χ0n) is 9.27. The van der Waals surface area contributed by atoms with Gasteiger partial charge in [-0.05, 0) is 40.2 Å². The Bertz CT molecular complexity index is 724. The standard InChI is InChI=1S/C11H7BrClFN2O2S/c12-10-5-8(14)6-15-11(10)16-19(17,18)9-3-1-2-7(13)4-9/h1-6H,(H,15,16). The Balaban J connectivity index is 2.36. The van der Waals surface area contributed by atoms with Crippen LogP contribution in [-0.4, -0.2) is 13.4 Å². The Morgan fingerprint density at radius 2 is 2.05 bits per heavy atom. The smallest absolute Gasteiger partial charge is 0.262 e. The molecule has 0 saturated carbocycles. The van der Waals surface area contributed by atoms with Gasteiger partial charge in [0.15, 0.2) is 5.82 Å². The van der Waals surface area contributed by atoms with Gasteiger partial charge < -0.3 is 0 Å². The quantitative estimate of drug-likeness (QED) is 0.906.